The number of nitrogens with zero attached hydrogens (tertiary/aromatic N) is 1. The van der Waals surface area contributed by atoms with Crippen molar-refractivity contribution in [3.8, 4) is 11.5 Å². The molecule has 2 aromatic rings. The molecule has 0 saturated heterocycles. The van der Waals surface area contributed by atoms with Crippen LogP contribution in [0.1, 0.15) is 11.3 Å². The Morgan fingerprint density at radius 1 is 1.18 bits per heavy atom. The van der Waals surface area contributed by atoms with Crippen molar-refractivity contribution in [2.45, 2.75) is 0 Å². The Morgan fingerprint density at radius 3 is 2.73 bits per heavy atom. The van der Waals surface area contributed by atoms with Gasteiger partial charge in [0, 0.05) is 11.6 Å². The van der Waals surface area contributed by atoms with Gasteiger partial charge in [0.05, 0.1) is 20.5 Å². The number of carbonyl (C=O) groups excluding carboxylic acids is 1. The molecule has 112 valence electrons. The summed E-state index contributed by atoms with van der Waals surface area (Å²) >= 11 is 0. The van der Waals surface area contributed by atoms with E-state index < -0.39 is 5.97 Å². The lowest BCUT2D eigenvalue weighted by Crippen LogP contribution is -2.04. The Hall–Kier alpha value is -3.02. The minimum atomic E-state index is -0.538. The third-order valence-electron chi connectivity index (χ3n) is 3.09. The molecular weight excluding hydrogens is 286 g/mol. The maximum Gasteiger partial charge on any atom is 0.363 e. The molecule has 1 aromatic heterocycles. The first-order valence-corrected chi connectivity index (χ1v) is 6.49. The maximum absolute atomic E-state index is 11.9. The molecule has 6 heteroatoms. The summed E-state index contributed by atoms with van der Waals surface area (Å²) in [6, 6.07) is 8.64. The molecule has 0 aliphatic carbocycles. The Bertz CT molecular complexity index is 759. The number of carbonyl (C=O) groups is 1. The van der Waals surface area contributed by atoms with Crippen molar-refractivity contribution in [1.29, 1.82) is 0 Å². The molecule has 6 nitrogen and oxygen atoms in total. The zero-order valence-corrected chi connectivity index (χ0v) is 12.0. The lowest BCUT2D eigenvalue weighted by molar-refractivity contribution is -0.130. The molecule has 22 heavy (non-hydrogen) atoms. The van der Waals surface area contributed by atoms with Gasteiger partial charge in [0.2, 0.25) is 0 Å². The van der Waals surface area contributed by atoms with E-state index in [1.165, 1.54) is 6.26 Å². The summed E-state index contributed by atoms with van der Waals surface area (Å²) in [6.45, 7) is 0. The fraction of sp³-hybridized carbons (Fsp3) is 0.125. The van der Waals surface area contributed by atoms with Gasteiger partial charge in [-0.05, 0) is 30.3 Å². The number of benzene rings is 1. The standard InChI is InChI=1S/C16H13NO5/c1-19-11-6-5-10(14(9-11)20-2)8-12-16(18)22-15(17-12)13-4-3-7-21-13/h3-9H,1-2H3. The summed E-state index contributed by atoms with van der Waals surface area (Å²) in [4.78, 5) is 16.0. The number of hydrogen-bond acceptors (Lipinski definition) is 6. The molecule has 1 aromatic carbocycles. The number of cyclic esters (lactones) is 1. The van der Waals surface area contributed by atoms with Gasteiger partial charge < -0.3 is 18.6 Å². The Balaban J connectivity index is 1.96. The van der Waals surface area contributed by atoms with E-state index >= 15 is 0 Å². The van der Waals surface area contributed by atoms with Crippen molar-refractivity contribution in [2.24, 2.45) is 4.99 Å². The second kappa shape index (κ2) is 5.77. The van der Waals surface area contributed by atoms with E-state index in [-0.39, 0.29) is 11.6 Å². The Kier molecular flexibility index (Phi) is 3.65. The summed E-state index contributed by atoms with van der Waals surface area (Å²) in [5.41, 5.74) is 0.870. The van der Waals surface area contributed by atoms with Gasteiger partial charge in [-0.3, -0.25) is 0 Å². The second-order valence-corrected chi connectivity index (χ2v) is 4.42. The number of methoxy groups -OCH3 is 2. The molecule has 3 rings (SSSR count). The molecule has 0 saturated carbocycles. The molecule has 1 aliphatic rings. The van der Waals surface area contributed by atoms with Crippen LogP contribution in [0.15, 0.2) is 51.7 Å². The highest BCUT2D eigenvalue weighted by Crippen LogP contribution is 2.28. The molecule has 0 fully saturated rings. The topological polar surface area (TPSA) is 70.3 Å². The molecule has 2 heterocycles. The highest BCUT2D eigenvalue weighted by molar-refractivity contribution is 6.11. The molecule has 0 N–H and O–H groups in total. The van der Waals surface area contributed by atoms with Crippen LogP contribution in [0, 0.1) is 0 Å². The van der Waals surface area contributed by atoms with E-state index in [4.69, 9.17) is 18.6 Å². The Labute approximate surface area is 126 Å². The van der Waals surface area contributed by atoms with Crippen molar-refractivity contribution in [2.75, 3.05) is 14.2 Å². The average Bonchev–Trinajstić information content (AvgIpc) is 3.18. The van der Waals surface area contributed by atoms with Crippen LogP contribution in [-0.2, 0) is 9.53 Å². The summed E-state index contributed by atoms with van der Waals surface area (Å²) in [5.74, 6) is 1.24. The van der Waals surface area contributed by atoms with Gasteiger partial charge >= 0.3 is 5.97 Å². The van der Waals surface area contributed by atoms with E-state index in [1.54, 1.807) is 50.6 Å². The van der Waals surface area contributed by atoms with E-state index in [9.17, 15) is 4.79 Å². The summed E-state index contributed by atoms with van der Waals surface area (Å²) in [6.07, 6.45) is 3.08. The van der Waals surface area contributed by atoms with Crippen LogP contribution < -0.4 is 9.47 Å². The molecule has 0 radical (unpaired) electrons. The van der Waals surface area contributed by atoms with Crippen molar-refractivity contribution in [1.82, 2.24) is 0 Å². The average molecular weight is 299 g/mol. The van der Waals surface area contributed by atoms with Gasteiger partial charge in [0.1, 0.15) is 11.5 Å². The van der Waals surface area contributed by atoms with Crippen molar-refractivity contribution in [3.63, 3.8) is 0 Å². The summed E-state index contributed by atoms with van der Waals surface area (Å²) in [7, 11) is 3.11. The molecule has 0 atom stereocenters. The van der Waals surface area contributed by atoms with E-state index in [0.29, 0.717) is 22.8 Å². The quantitative estimate of drug-likeness (QED) is 0.641. The maximum atomic E-state index is 11.9. The van der Waals surface area contributed by atoms with E-state index in [0.717, 1.165) is 0 Å². The smallest absolute Gasteiger partial charge is 0.363 e. The molecule has 0 bridgehead atoms. The van der Waals surface area contributed by atoms with Gasteiger partial charge in [-0.25, -0.2) is 9.79 Å². The number of esters is 1. The first kappa shape index (κ1) is 13.9. The van der Waals surface area contributed by atoms with Crippen LogP contribution in [0.25, 0.3) is 6.08 Å². The predicted molar refractivity (Wildman–Crippen MR) is 78.9 cm³/mol. The van der Waals surface area contributed by atoms with Gasteiger partial charge in [-0.15, -0.1) is 0 Å². The third-order valence-corrected chi connectivity index (χ3v) is 3.09. The predicted octanol–water partition coefficient (Wildman–Crippen LogP) is 2.64. The van der Waals surface area contributed by atoms with Gasteiger partial charge in [0.25, 0.3) is 5.90 Å². The van der Waals surface area contributed by atoms with Gasteiger partial charge in [-0.2, -0.15) is 0 Å². The van der Waals surface area contributed by atoms with Gasteiger partial charge in [0.15, 0.2) is 11.5 Å². The number of furan rings is 1. The molecular formula is C16H13NO5. The summed E-state index contributed by atoms with van der Waals surface area (Å²) in [5, 5.41) is 0. The minimum absolute atomic E-state index is 0.147. The number of hydrogen-bond donors (Lipinski definition) is 0. The largest absolute Gasteiger partial charge is 0.497 e. The Morgan fingerprint density at radius 2 is 2.05 bits per heavy atom. The van der Waals surface area contributed by atoms with Crippen molar-refractivity contribution in [3.05, 3.63) is 53.6 Å². The zero-order chi connectivity index (χ0) is 15.5. The SMILES string of the molecule is COc1ccc(C=C2N=C(c3ccco3)OC2=O)c(OC)c1. The normalized spacial score (nSPS) is 15.6. The molecule has 1 aliphatic heterocycles. The minimum Gasteiger partial charge on any atom is -0.497 e. The molecule has 0 amide bonds. The van der Waals surface area contributed by atoms with Crippen molar-refractivity contribution >= 4 is 17.9 Å². The first-order chi connectivity index (χ1) is 10.7. The fourth-order valence-electron chi connectivity index (χ4n) is 2.00. The monoisotopic (exact) mass is 299 g/mol. The number of aliphatic imine (C=N–C) groups is 1. The lowest BCUT2D eigenvalue weighted by atomic mass is 10.1. The van der Waals surface area contributed by atoms with Crippen LogP contribution in [0.5, 0.6) is 11.5 Å². The van der Waals surface area contributed by atoms with Crippen LogP contribution in [-0.4, -0.2) is 26.1 Å². The summed E-state index contributed by atoms with van der Waals surface area (Å²) < 4.78 is 20.7. The second-order valence-electron chi connectivity index (χ2n) is 4.42. The third kappa shape index (κ3) is 2.58. The van der Waals surface area contributed by atoms with E-state index in [2.05, 4.69) is 4.99 Å². The zero-order valence-electron chi connectivity index (χ0n) is 12.0. The number of rotatable bonds is 4. The van der Waals surface area contributed by atoms with Crippen LogP contribution in [0.4, 0.5) is 0 Å². The molecule has 0 unspecified atom stereocenters. The molecule has 0 spiro atoms. The first-order valence-electron chi connectivity index (χ1n) is 6.49. The van der Waals surface area contributed by atoms with Crippen molar-refractivity contribution < 1.29 is 23.4 Å². The van der Waals surface area contributed by atoms with Gasteiger partial charge in [-0.1, -0.05) is 0 Å². The van der Waals surface area contributed by atoms with Crippen LogP contribution >= 0.6 is 0 Å². The highest BCUT2D eigenvalue weighted by atomic mass is 16.6. The van der Waals surface area contributed by atoms with Crippen LogP contribution in [0.3, 0.4) is 0 Å². The lowest BCUT2D eigenvalue weighted by Gasteiger charge is -2.07. The van der Waals surface area contributed by atoms with Crippen LogP contribution in [0.2, 0.25) is 0 Å². The number of ether oxygens (including phenoxy) is 3. The van der Waals surface area contributed by atoms with E-state index in [1.807, 2.05) is 0 Å². The highest BCUT2D eigenvalue weighted by Gasteiger charge is 2.26. The fourth-order valence-corrected chi connectivity index (χ4v) is 2.00.